The molecule has 1 saturated heterocycles. The summed E-state index contributed by atoms with van der Waals surface area (Å²) in [5.41, 5.74) is 5.36. The molecule has 12 nitrogen and oxygen atoms in total. The van der Waals surface area contributed by atoms with Gasteiger partial charge in [0.15, 0.2) is 6.29 Å². The van der Waals surface area contributed by atoms with Crippen LogP contribution in [0.4, 0.5) is 0 Å². The van der Waals surface area contributed by atoms with Crippen molar-refractivity contribution in [3.05, 3.63) is 0 Å². The van der Waals surface area contributed by atoms with Gasteiger partial charge in [-0.3, -0.25) is 9.32 Å². The van der Waals surface area contributed by atoms with Crippen LogP contribution in [0.3, 0.4) is 0 Å². The number of phosphoric acid groups is 1. The lowest BCUT2D eigenvalue weighted by molar-refractivity contribution is -0.253. The molecule has 0 amide bonds. The summed E-state index contributed by atoms with van der Waals surface area (Å²) in [5.74, 6) is -1.09. The predicted molar refractivity (Wildman–Crippen MR) is 82.1 cm³/mol. The summed E-state index contributed by atoms with van der Waals surface area (Å²) in [4.78, 5) is 27.8. The van der Waals surface area contributed by atoms with Crippen LogP contribution >= 0.6 is 7.82 Å². The standard InChI is InChI=1S/C12H25N2O10P/c13-6(11(17)18)3-1-2-4-14-8-10(16)9(15)7(24-12(8)19)5-23-25(20,21)22/h6-10,12,14-16,19H,1-5,13H2,(H,17,18)(H2,20,21,22)/t6-,7+,8+,9+,10+,12+/m0/s1. The fraction of sp³-hybridized carbons (Fsp3) is 0.917. The highest BCUT2D eigenvalue weighted by molar-refractivity contribution is 7.46. The zero-order chi connectivity index (χ0) is 19.2. The van der Waals surface area contributed by atoms with Crippen molar-refractivity contribution in [2.45, 2.75) is 55.9 Å². The van der Waals surface area contributed by atoms with Gasteiger partial charge in [-0.05, 0) is 19.4 Å². The Balaban J connectivity index is 2.39. The van der Waals surface area contributed by atoms with Crippen LogP contribution in [0.1, 0.15) is 19.3 Å². The Labute approximate surface area is 143 Å². The molecule has 1 aliphatic heterocycles. The molecule has 0 aromatic rings. The molecule has 0 unspecified atom stereocenters. The monoisotopic (exact) mass is 388 g/mol. The second-order valence-electron chi connectivity index (χ2n) is 5.75. The van der Waals surface area contributed by atoms with Crippen LogP contribution in [0, 0.1) is 0 Å². The maximum absolute atomic E-state index is 10.7. The van der Waals surface area contributed by atoms with Gasteiger partial charge in [0.25, 0.3) is 0 Å². The molecule has 25 heavy (non-hydrogen) atoms. The Kier molecular flexibility index (Phi) is 8.84. The van der Waals surface area contributed by atoms with Crippen LogP contribution in [0.5, 0.6) is 0 Å². The number of hydrogen-bond donors (Lipinski definition) is 8. The van der Waals surface area contributed by atoms with Crippen molar-refractivity contribution in [3.8, 4) is 0 Å². The van der Waals surface area contributed by atoms with Crippen molar-refractivity contribution >= 4 is 13.8 Å². The Morgan fingerprint density at radius 2 is 1.88 bits per heavy atom. The third-order valence-corrected chi connectivity index (χ3v) is 4.25. The van der Waals surface area contributed by atoms with E-state index in [1.165, 1.54) is 0 Å². The first kappa shape index (κ1) is 22.4. The molecule has 1 rings (SSSR count). The maximum atomic E-state index is 10.7. The van der Waals surface area contributed by atoms with E-state index in [0.717, 1.165) is 0 Å². The molecule has 0 aromatic heterocycles. The third-order valence-electron chi connectivity index (χ3n) is 3.77. The van der Waals surface area contributed by atoms with E-state index in [1.54, 1.807) is 0 Å². The van der Waals surface area contributed by atoms with Gasteiger partial charge in [-0.15, -0.1) is 0 Å². The van der Waals surface area contributed by atoms with Gasteiger partial charge in [-0.2, -0.15) is 0 Å². The van der Waals surface area contributed by atoms with Gasteiger partial charge in [0, 0.05) is 0 Å². The minimum absolute atomic E-state index is 0.272. The summed E-state index contributed by atoms with van der Waals surface area (Å²) in [6.45, 7) is -0.412. The number of aliphatic hydroxyl groups is 3. The van der Waals surface area contributed by atoms with Gasteiger partial charge in [-0.25, -0.2) is 4.57 Å². The van der Waals surface area contributed by atoms with Gasteiger partial charge in [0.2, 0.25) is 0 Å². The summed E-state index contributed by atoms with van der Waals surface area (Å²) < 4.78 is 19.9. The van der Waals surface area contributed by atoms with Gasteiger partial charge < -0.3 is 46.0 Å². The third kappa shape index (κ3) is 7.62. The molecular weight excluding hydrogens is 363 g/mol. The van der Waals surface area contributed by atoms with E-state index in [2.05, 4.69) is 9.84 Å². The van der Waals surface area contributed by atoms with Crippen molar-refractivity contribution in [1.82, 2.24) is 5.32 Å². The van der Waals surface area contributed by atoms with E-state index in [-0.39, 0.29) is 6.42 Å². The number of carbonyl (C=O) groups is 1. The van der Waals surface area contributed by atoms with Gasteiger partial charge in [0.1, 0.15) is 24.4 Å². The molecule has 0 spiro atoms. The molecule has 13 heteroatoms. The molecule has 1 fully saturated rings. The number of unbranched alkanes of at least 4 members (excludes halogenated alkanes) is 1. The molecule has 6 atom stereocenters. The Hall–Kier alpha value is -0.660. The maximum Gasteiger partial charge on any atom is 0.469 e. The van der Waals surface area contributed by atoms with E-state index in [9.17, 15) is 24.7 Å². The molecule has 0 aromatic carbocycles. The number of rotatable bonds is 10. The number of nitrogens with one attached hydrogen (secondary N) is 1. The fourth-order valence-electron chi connectivity index (χ4n) is 2.36. The molecule has 1 aliphatic rings. The number of carboxylic acids is 1. The number of ether oxygens (including phenoxy) is 1. The van der Waals surface area contributed by atoms with Crippen LogP contribution in [0.15, 0.2) is 0 Å². The SMILES string of the molecule is N[C@@H](CCCCN[C@@H]1[C@@H](O)[C@H](O)[C@@H](COP(=O)(O)O)O[C@H]1O)C(=O)O. The second kappa shape index (κ2) is 9.88. The normalized spacial score (nSPS) is 31.7. The van der Waals surface area contributed by atoms with Gasteiger partial charge in [0.05, 0.1) is 12.6 Å². The van der Waals surface area contributed by atoms with Crippen LogP contribution in [0.25, 0.3) is 0 Å². The zero-order valence-corrected chi connectivity index (χ0v) is 14.2. The molecule has 0 bridgehead atoms. The van der Waals surface area contributed by atoms with Crippen molar-refractivity contribution in [3.63, 3.8) is 0 Å². The van der Waals surface area contributed by atoms with Gasteiger partial charge in [-0.1, -0.05) is 6.42 Å². The number of phosphoric ester groups is 1. The van der Waals surface area contributed by atoms with Crippen molar-refractivity contribution in [2.24, 2.45) is 5.73 Å². The summed E-state index contributed by atoms with van der Waals surface area (Å²) in [6.07, 6.45) is -4.56. The number of aliphatic carboxylic acids is 1. The van der Waals surface area contributed by atoms with E-state index in [4.69, 9.17) is 25.4 Å². The lowest BCUT2D eigenvalue weighted by atomic mass is 9.97. The van der Waals surface area contributed by atoms with Crippen LogP contribution in [-0.2, 0) is 18.6 Å². The first-order valence-corrected chi connectivity index (χ1v) is 9.17. The van der Waals surface area contributed by atoms with Crippen molar-refractivity contribution < 1.29 is 48.8 Å². The highest BCUT2D eigenvalue weighted by Crippen LogP contribution is 2.36. The summed E-state index contributed by atoms with van der Waals surface area (Å²) >= 11 is 0. The number of nitrogens with two attached hydrogens (primary N) is 1. The van der Waals surface area contributed by atoms with Crippen LogP contribution in [-0.4, -0.2) is 86.0 Å². The number of hydrogen-bond acceptors (Lipinski definition) is 9. The Morgan fingerprint density at radius 1 is 1.24 bits per heavy atom. The van der Waals surface area contributed by atoms with E-state index in [1.807, 2.05) is 0 Å². The summed E-state index contributed by atoms with van der Waals surface area (Å²) in [5, 5.41) is 41.2. The largest absolute Gasteiger partial charge is 0.480 e. The molecule has 0 radical (unpaired) electrons. The van der Waals surface area contributed by atoms with E-state index < -0.39 is 57.1 Å². The van der Waals surface area contributed by atoms with E-state index in [0.29, 0.717) is 19.4 Å². The first-order valence-electron chi connectivity index (χ1n) is 7.64. The lowest BCUT2D eigenvalue weighted by Gasteiger charge is -2.41. The Morgan fingerprint density at radius 3 is 2.44 bits per heavy atom. The average molecular weight is 388 g/mol. The zero-order valence-electron chi connectivity index (χ0n) is 13.3. The molecular formula is C12H25N2O10P. The quantitative estimate of drug-likeness (QED) is 0.140. The van der Waals surface area contributed by atoms with Gasteiger partial charge >= 0.3 is 13.8 Å². The molecule has 1 heterocycles. The minimum atomic E-state index is -4.78. The number of carboxylic acid groups (broad SMARTS) is 1. The van der Waals surface area contributed by atoms with E-state index >= 15 is 0 Å². The second-order valence-corrected chi connectivity index (χ2v) is 6.99. The molecule has 0 saturated carbocycles. The predicted octanol–water partition coefficient (Wildman–Crippen LogP) is -2.92. The fourth-order valence-corrected chi connectivity index (χ4v) is 2.70. The Bertz CT molecular complexity index is 475. The topological polar surface area (TPSA) is 212 Å². The highest BCUT2D eigenvalue weighted by atomic mass is 31.2. The van der Waals surface area contributed by atoms with Crippen molar-refractivity contribution in [2.75, 3.05) is 13.2 Å². The van der Waals surface area contributed by atoms with Crippen LogP contribution in [0.2, 0.25) is 0 Å². The summed E-state index contributed by atoms with van der Waals surface area (Å²) in [7, 11) is -4.78. The molecule has 0 aliphatic carbocycles. The first-order chi connectivity index (χ1) is 11.5. The minimum Gasteiger partial charge on any atom is -0.480 e. The lowest BCUT2D eigenvalue weighted by Crippen LogP contribution is -2.63. The molecule has 9 N–H and O–H groups in total. The number of aliphatic hydroxyl groups excluding tert-OH is 3. The van der Waals surface area contributed by atoms with Crippen LogP contribution < -0.4 is 11.1 Å². The average Bonchev–Trinajstić information content (AvgIpc) is 2.50. The molecule has 148 valence electrons. The van der Waals surface area contributed by atoms with Crippen molar-refractivity contribution in [1.29, 1.82) is 0 Å². The smallest absolute Gasteiger partial charge is 0.469 e. The highest BCUT2D eigenvalue weighted by Gasteiger charge is 2.44. The summed E-state index contributed by atoms with van der Waals surface area (Å²) in [6, 6.07) is -1.99.